The van der Waals surface area contributed by atoms with Gasteiger partial charge in [-0.3, -0.25) is 0 Å². The molecule has 0 saturated carbocycles. The smallest absolute Gasteiger partial charge is 0.338 e. The number of ether oxygens (including phenoxy) is 3. The van der Waals surface area contributed by atoms with Crippen molar-refractivity contribution in [3.63, 3.8) is 0 Å². The monoisotopic (exact) mass is 330 g/mol. The molecule has 6 heteroatoms. The number of phenolic OH excluding ortho intramolecular Hbond substituents is 2. The molecule has 0 aliphatic heterocycles. The minimum Gasteiger partial charge on any atom is -0.508 e. The van der Waals surface area contributed by atoms with E-state index in [-0.39, 0.29) is 29.6 Å². The van der Waals surface area contributed by atoms with Crippen LogP contribution in [0.5, 0.6) is 23.0 Å². The van der Waals surface area contributed by atoms with Gasteiger partial charge in [0.25, 0.3) is 0 Å². The van der Waals surface area contributed by atoms with Gasteiger partial charge in [0.15, 0.2) is 11.5 Å². The van der Waals surface area contributed by atoms with Crippen LogP contribution in [0, 0.1) is 0 Å². The van der Waals surface area contributed by atoms with Gasteiger partial charge in [-0.2, -0.15) is 0 Å². The molecule has 0 fully saturated rings. The van der Waals surface area contributed by atoms with Crippen molar-refractivity contribution in [2.24, 2.45) is 0 Å². The van der Waals surface area contributed by atoms with Crippen molar-refractivity contribution < 1.29 is 29.2 Å². The molecule has 0 amide bonds. The Morgan fingerprint density at radius 1 is 1.04 bits per heavy atom. The summed E-state index contributed by atoms with van der Waals surface area (Å²) < 4.78 is 15.2. The third-order valence-electron chi connectivity index (χ3n) is 3.23. The van der Waals surface area contributed by atoms with E-state index in [1.54, 1.807) is 24.3 Å². The van der Waals surface area contributed by atoms with Gasteiger partial charge in [0, 0.05) is 0 Å². The summed E-state index contributed by atoms with van der Waals surface area (Å²) in [6.07, 6.45) is 3.37. The Kier molecular flexibility index (Phi) is 5.68. The molecule has 2 aromatic rings. The van der Waals surface area contributed by atoms with Gasteiger partial charge in [0.1, 0.15) is 12.4 Å². The van der Waals surface area contributed by atoms with Crippen LogP contribution in [0.1, 0.15) is 15.9 Å². The second-order valence-corrected chi connectivity index (χ2v) is 4.82. The van der Waals surface area contributed by atoms with E-state index in [2.05, 4.69) is 0 Å². The maximum atomic E-state index is 11.8. The lowest BCUT2D eigenvalue weighted by Crippen LogP contribution is -2.04. The van der Waals surface area contributed by atoms with Crippen LogP contribution in [0.3, 0.4) is 0 Å². The normalized spacial score (nSPS) is 10.6. The zero-order valence-corrected chi connectivity index (χ0v) is 13.4. The van der Waals surface area contributed by atoms with E-state index in [4.69, 9.17) is 14.2 Å². The number of carbonyl (C=O) groups excluding carboxylic acids is 1. The maximum absolute atomic E-state index is 11.8. The van der Waals surface area contributed by atoms with Gasteiger partial charge in [-0.05, 0) is 48.0 Å². The van der Waals surface area contributed by atoms with Crippen LogP contribution >= 0.6 is 0 Å². The molecule has 24 heavy (non-hydrogen) atoms. The van der Waals surface area contributed by atoms with Gasteiger partial charge in [0.05, 0.1) is 19.8 Å². The lowest BCUT2D eigenvalue weighted by Gasteiger charge is -2.09. The molecule has 0 aliphatic carbocycles. The Labute approximate surface area is 139 Å². The second-order valence-electron chi connectivity index (χ2n) is 4.82. The average Bonchev–Trinajstić information content (AvgIpc) is 2.60. The number of rotatable bonds is 6. The van der Waals surface area contributed by atoms with Gasteiger partial charge in [-0.1, -0.05) is 6.08 Å². The zero-order chi connectivity index (χ0) is 17.5. The summed E-state index contributed by atoms with van der Waals surface area (Å²) in [5, 5.41) is 19.0. The number of hydrogen-bond donors (Lipinski definition) is 2. The molecular weight excluding hydrogens is 312 g/mol. The lowest BCUT2D eigenvalue weighted by atomic mass is 10.1. The molecule has 0 heterocycles. The van der Waals surface area contributed by atoms with Crippen molar-refractivity contribution in [2.75, 3.05) is 20.8 Å². The molecule has 0 spiro atoms. The van der Waals surface area contributed by atoms with Crippen molar-refractivity contribution in [3.05, 3.63) is 53.6 Å². The maximum Gasteiger partial charge on any atom is 0.338 e. The molecule has 6 nitrogen and oxygen atoms in total. The molecule has 0 atom stereocenters. The van der Waals surface area contributed by atoms with E-state index in [0.29, 0.717) is 5.56 Å². The van der Waals surface area contributed by atoms with Crippen LogP contribution in [0.15, 0.2) is 42.5 Å². The van der Waals surface area contributed by atoms with E-state index < -0.39 is 5.97 Å². The molecule has 2 rings (SSSR count). The SMILES string of the molecule is COc1cc(C=CCOC(=O)c2ccc(O)cc2)cc(OC)c1O. The fourth-order valence-electron chi connectivity index (χ4n) is 2.00. The standard InChI is InChI=1S/C18H18O6/c1-22-15-10-12(11-16(23-2)17(15)20)4-3-9-24-18(21)13-5-7-14(19)8-6-13/h3-8,10-11,19-20H,9H2,1-2H3. The molecule has 0 unspecified atom stereocenters. The predicted octanol–water partition coefficient (Wildman–Crippen LogP) is 2.99. The summed E-state index contributed by atoms with van der Waals surface area (Å²) in [7, 11) is 2.89. The van der Waals surface area contributed by atoms with Gasteiger partial charge in [-0.15, -0.1) is 0 Å². The highest BCUT2D eigenvalue weighted by atomic mass is 16.5. The van der Waals surface area contributed by atoms with Crippen molar-refractivity contribution in [2.45, 2.75) is 0 Å². The number of benzene rings is 2. The van der Waals surface area contributed by atoms with E-state index in [0.717, 1.165) is 5.56 Å². The van der Waals surface area contributed by atoms with Crippen LogP contribution in [0.25, 0.3) is 6.08 Å². The van der Waals surface area contributed by atoms with Crippen molar-refractivity contribution in [3.8, 4) is 23.0 Å². The first kappa shape index (κ1) is 17.2. The zero-order valence-electron chi connectivity index (χ0n) is 13.4. The van der Waals surface area contributed by atoms with Gasteiger partial charge in [0.2, 0.25) is 5.75 Å². The van der Waals surface area contributed by atoms with Crippen molar-refractivity contribution in [1.29, 1.82) is 0 Å². The van der Waals surface area contributed by atoms with E-state index in [9.17, 15) is 15.0 Å². The average molecular weight is 330 g/mol. The topological polar surface area (TPSA) is 85.2 Å². The number of hydrogen-bond acceptors (Lipinski definition) is 6. The Bertz CT molecular complexity index is 709. The quantitative estimate of drug-likeness (QED) is 0.792. The number of phenols is 2. The molecule has 0 bridgehead atoms. The molecule has 126 valence electrons. The summed E-state index contributed by atoms with van der Waals surface area (Å²) in [6.45, 7) is 0.0746. The first-order valence-corrected chi connectivity index (χ1v) is 7.13. The number of aromatic hydroxyl groups is 2. The summed E-state index contributed by atoms with van der Waals surface area (Å²) >= 11 is 0. The molecule has 2 aromatic carbocycles. The van der Waals surface area contributed by atoms with Crippen LogP contribution in [0.4, 0.5) is 0 Å². The molecule has 0 aromatic heterocycles. The fourth-order valence-corrected chi connectivity index (χ4v) is 2.00. The van der Waals surface area contributed by atoms with Crippen LogP contribution in [-0.4, -0.2) is 37.0 Å². The van der Waals surface area contributed by atoms with Gasteiger partial charge < -0.3 is 24.4 Å². The minimum absolute atomic E-state index is 0.0732. The third kappa shape index (κ3) is 4.19. The van der Waals surface area contributed by atoms with E-state index >= 15 is 0 Å². The minimum atomic E-state index is -0.486. The van der Waals surface area contributed by atoms with Gasteiger partial charge >= 0.3 is 5.97 Å². The van der Waals surface area contributed by atoms with Crippen molar-refractivity contribution >= 4 is 12.0 Å². The summed E-state index contributed by atoms with van der Waals surface area (Å²) in [5.41, 5.74) is 1.08. The van der Waals surface area contributed by atoms with Crippen molar-refractivity contribution in [1.82, 2.24) is 0 Å². The largest absolute Gasteiger partial charge is 0.508 e. The van der Waals surface area contributed by atoms with Crippen LogP contribution in [-0.2, 0) is 4.74 Å². The summed E-state index contributed by atoms with van der Waals surface area (Å²) in [5.74, 6) is 0.100. The molecular formula is C18H18O6. The highest BCUT2D eigenvalue weighted by Gasteiger charge is 2.10. The fraction of sp³-hybridized carbons (Fsp3) is 0.167. The van der Waals surface area contributed by atoms with Gasteiger partial charge in [-0.25, -0.2) is 4.79 Å². The summed E-state index contributed by atoms with van der Waals surface area (Å²) in [4.78, 5) is 11.8. The predicted molar refractivity (Wildman–Crippen MR) is 88.6 cm³/mol. The first-order chi connectivity index (χ1) is 11.5. The molecule has 0 saturated heterocycles. The molecule has 2 N–H and O–H groups in total. The summed E-state index contributed by atoms with van der Waals surface area (Å²) in [6, 6.07) is 9.07. The van der Waals surface area contributed by atoms with Crippen LogP contribution < -0.4 is 9.47 Å². The highest BCUT2D eigenvalue weighted by molar-refractivity contribution is 5.89. The number of methoxy groups -OCH3 is 2. The lowest BCUT2D eigenvalue weighted by molar-refractivity contribution is 0.0550. The van der Waals surface area contributed by atoms with Crippen LogP contribution in [0.2, 0.25) is 0 Å². The third-order valence-corrected chi connectivity index (χ3v) is 3.23. The number of esters is 1. The Morgan fingerprint density at radius 2 is 1.62 bits per heavy atom. The Balaban J connectivity index is 1.99. The van der Waals surface area contributed by atoms with E-state index in [1.165, 1.54) is 38.5 Å². The first-order valence-electron chi connectivity index (χ1n) is 7.13. The number of carbonyl (C=O) groups is 1. The highest BCUT2D eigenvalue weighted by Crippen LogP contribution is 2.37. The second kappa shape index (κ2) is 7.92. The van der Waals surface area contributed by atoms with E-state index in [1.807, 2.05) is 0 Å². The Morgan fingerprint density at radius 3 is 2.17 bits per heavy atom. The Hall–Kier alpha value is -3.15. The molecule has 0 aliphatic rings. The molecule has 0 radical (unpaired) electrons.